The Labute approximate surface area is 113 Å². The molecule has 0 spiro atoms. The summed E-state index contributed by atoms with van der Waals surface area (Å²) in [4.78, 5) is 16.3. The molecule has 1 aliphatic rings. The van der Waals surface area contributed by atoms with Crippen LogP contribution in [0.1, 0.15) is 37.2 Å². The maximum Gasteiger partial charge on any atom is 0.270 e. The minimum absolute atomic E-state index is 0.145. The van der Waals surface area contributed by atoms with Crippen molar-refractivity contribution < 1.29 is 9.53 Å². The minimum Gasteiger partial charge on any atom is -0.385 e. The monoisotopic (exact) mass is 263 g/mol. The van der Waals surface area contributed by atoms with E-state index in [1.165, 1.54) is 0 Å². The van der Waals surface area contributed by atoms with E-state index in [4.69, 9.17) is 4.74 Å². The Balaban J connectivity index is 2.02. The van der Waals surface area contributed by atoms with Gasteiger partial charge in [0.25, 0.3) is 5.91 Å². The van der Waals surface area contributed by atoms with Crippen LogP contribution in [0.5, 0.6) is 0 Å². The van der Waals surface area contributed by atoms with Crippen LogP contribution in [0.3, 0.4) is 0 Å². The molecule has 1 unspecified atom stereocenters. The summed E-state index contributed by atoms with van der Waals surface area (Å²) in [6.07, 6.45) is 3.53. The zero-order chi connectivity index (χ0) is 13.7. The molecule has 2 rings (SSSR count). The van der Waals surface area contributed by atoms with Crippen molar-refractivity contribution in [2.24, 2.45) is 0 Å². The average Bonchev–Trinajstić information content (AvgIpc) is 2.83. The molecular formula is C14H21N3O2. The molecule has 19 heavy (non-hydrogen) atoms. The van der Waals surface area contributed by atoms with E-state index in [1.54, 1.807) is 12.3 Å². The Morgan fingerprint density at radius 1 is 1.58 bits per heavy atom. The number of nitrogens with zero attached hydrogens (tertiary/aromatic N) is 1. The highest BCUT2D eigenvalue weighted by Crippen LogP contribution is 2.18. The Hall–Kier alpha value is -1.62. The lowest BCUT2D eigenvalue weighted by atomic mass is 10.0. The van der Waals surface area contributed by atoms with Crippen molar-refractivity contribution in [3.8, 4) is 0 Å². The van der Waals surface area contributed by atoms with Gasteiger partial charge < -0.3 is 15.4 Å². The lowest BCUT2D eigenvalue weighted by Crippen LogP contribution is -2.46. The van der Waals surface area contributed by atoms with E-state index in [1.807, 2.05) is 13.0 Å². The second kappa shape index (κ2) is 6.02. The highest BCUT2D eigenvalue weighted by atomic mass is 16.5. The third-order valence-electron chi connectivity index (χ3n) is 3.21. The molecule has 1 fully saturated rings. The van der Waals surface area contributed by atoms with Crippen LogP contribution in [0, 0.1) is 0 Å². The van der Waals surface area contributed by atoms with Gasteiger partial charge in [-0.3, -0.25) is 9.78 Å². The smallest absolute Gasteiger partial charge is 0.270 e. The Morgan fingerprint density at radius 2 is 2.42 bits per heavy atom. The van der Waals surface area contributed by atoms with Crippen molar-refractivity contribution in [2.45, 2.75) is 32.2 Å². The van der Waals surface area contributed by atoms with Crippen molar-refractivity contribution in [3.63, 3.8) is 0 Å². The second-order valence-electron chi connectivity index (χ2n) is 5.17. The van der Waals surface area contributed by atoms with Crippen LogP contribution in [0.25, 0.3) is 0 Å². The van der Waals surface area contributed by atoms with Gasteiger partial charge in [-0.05, 0) is 31.9 Å². The number of carbonyl (C=O) groups is 1. The van der Waals surface area contributed by atoms with E-state index >= 15 is 0 Å². The van der Waals surface area contributed by atoms with Crippen LogP contribution in [0.2, 0.25) is 0 Å². The van der Waals surface area contributed by atoms with Gasteiger partial charge in [-0.25, -0.2) is 0 Å². The number of hydrogen-bond donors (Lipinski definition) is 2. The van der Waals surface area contributed by atoms with Gasteiger partial charge in [0, 0.05) is 25.0 Å². The molecule has 0 saturated carbocycles. The van der Waals surface area contributed by atoms with Crippen LogP contribution in [-0.4, -0.2) is 36.2 Å². The summed E-state index contributed by atoms with van der Waals surface area (Å²) >= 11 is 0. The fraction of sp³-hybridized carbons (Fsp3) is 0.571. The SMILES string of the molecule is CCCNc1ccnc(C(=O)NC2(C)CCOC2)c1. The zero-order valence-corrected chi connectivity index (χ0v) is 11.5. The molecular weight excluding hydrogens is 242 g/mol. The third-order valence-corrected chi connectivity index (χ3v) is 3.21. The third kappa shape index (κ3) is 3.67. The maximum atomic E-state index is 12.2. The van der Waals surface area contributed by atoms with Crippen molar-refractivity contribution in [2.75, 3.05) is 25.1 Å². The largest absolute Gasteiger partial charge is 0.385 e. The number of amides is 1. The molecule has 2 N–H and O–H groups in total. The normalized spacial score (nSPS) is 22.2. The average molecular weight is 263 g/mol. The van der Waals surface area contributed by atoms with E-state index in [2.05, 4.69) is 22.5 Å². The fourth-order valence-electron chi connectivity index (χ4n) is 2.04. The van der Waals surface area contributed by atoms with Crippen LogP contribution < -0.4 is 10.6 Å². The summed E-state index contributed by atoms with van der Waals surface area (Å²) in [6.45, 7) is 6.24. The lowest BCUT2D eigenvalue weighted by molar-refractivity contribution is 0.0885. The molecule has 2 heterocycles. The summed E-state index contributed by atoms with van der Waals surface area (Å²) in [5.41, 5.74) is 1.09. The fourth-order valence-corrected chi connectivity index (χ4v) is 2.04. The van der Waals surface area contributed by atoms with Gasteiger partial charge in [-0.2, -0.15) is 0 Å². The standard InChI is InChI=1S/C14H21N3O2/c1-3-6-15-11-4-7-16-12(9-11)13(18)17-14(2)5-8-19-10-14/h4,7,9H,3,5-6,8,10H2,1-2H3,(H,15,16)(H,17,18). The highest BCUT2D eigenvalue weighted by molar-refractivity contribution is 5.93. The summed E-state index contributed by atoms with van der Waals surface area (Å²) < 4.78 is 5.33. The number of carbonyl (C=O) groups excluding carboxylic acids is 1. The molecule has 104 valence electrons. The summed E-state index contributed by atoms with van der Waals surface area (Å²) in [5, 5.41) is 6.25. The van der Waals surface area contributed by atoms with E-state index < -0.39 is 0 Å². The van der Waals surface area contributed by atoms with Crippen molar-refractivity contribution in [1.29, 1.82) is 0 Å². The van der Waals surface area contributed by atoms with Gasteiger partial charge in [0.05, 0.1) is 12.1 Å². The molecule has 0 aliphatic carbocycles. The topological polar surface area (TPSA) is 63.2 Å². The predicted molar refractivity (Wildman–Crippen MR) is 74.3 cm³/mol. The van der Waals surface area contributed by atoms with E-state index in [-0.39, 0.29) is 11.4 Å². The first-order valence-corrected chi connectivity index (χ1v) is 6.73. The van der Waals surface area contributed by atoms with Crippen molar-refractivity contribution >= 4 is 11.6 Å². The summed E-state index contributed by atoms with van der Waals surface area (Å²) in [6, 6.07) is 3.65. The van der Waals surface area contributed by atoms with Gasteiger partial charge in [0.2, 0.25) is 0 Å². The van der Waals surface area contributed by atoms with Gasteiger partial charge in [-0.1, -0.05) is 6.92 Å². The zero-order valence-electron chi connectivity index (χ0n) is 11.5. The number of pyridine rings is 1. The molecule has 0 aromatic carbocycles. The Kier molecular flexibility index (Phi) is 4.37. The number of aromatic nitrogens is 1. The highest BCUT2D eigenvalue weighted by Gasteiger charge is 2.31. The molecule has 5 heteroatoms. The first-order valence-electron chi connectivity index (χ1n) is 6.73. The molecule has 1 amide bonds. The number of anilines is 1. The number of rotatable bonds is 5. The molecule has 5 nitrogen and oxygen atoms in total. The van der Waals surface area contributed by atoms with Crippen LogP contribution >= 0.6 is 0 Å². The predicted octanol–water partition coefficient (Wildman–Crippen LogP) is 1.81. The molecule has 1 aliphatic heterocycles. The van der Waals surface area contributed by atoms with Crippen molar-refractivity contribution in [1.82, 2.24) is 10.3 Å². The van der Waals surface area contributed by atoms with E-state index in [0.717, 1.165) is 25.1 Å². The molecule has 1 atom stereocenters. The van der Waals surface area contributed by atoms with E-state index in [0.29, 0.717) is 18.9 Å². The first kappa shape index (κ1) is 13.8. The van der Waals surface area contributed by atoms with Crippen molar-refractivity contribution in [3.05, 3.63) is 24.0 Å². The Morgan fingerprint density at radius 3 is 3.11 bits per heavy atom. The number of nitrogens with one attached hydrogen (secondary N) is 2. The van der Waals surface area contributed by atoms with Gasteiger partial charge >= 0.3 is 0 Å². The van der Waals surface area contributed by atoms with Gasteiger partial charge in [0.1, 0.15) is 5.69 Å². The Bertz CT molecular complexity index is 442. The van der Waals surface area contributed by atoms with Gasteiger partial charge in [0.15, 0.2) is 0 Å². The van der Waals surface area contributed by atoms with E-state index in [9.17, 15) is 4.79 Å². The molecule has 0 radical (unpaired) electrons. The lowest BCUT2D eigenvalue weighted by Gasteiger charge is -2.23. The molecule has 1 aromatic heterocycles. The molecule has 1 aromatic rings. The summed E-state index contributed by atoms with van der Waals surface area (Å²) in [7, 11) is 0. The summed E-state index contributed by atoms with van der Waals surface area (Å²) in [5.74, 6) is -0.145. The minimum atomic E-state index is -0.272. The maximum absolute atomic E-state index is 12.2. The van der Waals surface area contributed by atoms with Crippen LogP contribution in [0.4, 0.5) is 5.69 Å². The van der Waals surface area contributed by atoms with Crippen LogP contribution in [-0.2, 0) is 4.74 Å². The molecule has 0 bridgehead atoms. The number of ether oxygens (including phenoxy) is 1. The quantitative estimate of drug-likeness (QED) is 0.850. The second-order valence-corrected chi connectivity index (χ2v) is 5.17. The number of hydrogen-bond acceptors (Lipinski definition) is 4. The van der Waals surface area contributed by atoms with Gasteiger partial charge in [-0.15, -0.1) is 0 Å². The first-order chi connectivity index (χ1) is 9.13. The van der Waals surface area contributed by atoms with Crippen LogP contribution in [0.15, 0.2) is 18.3 Å². The molecule has 1 saturated heterocycles.